The second kappa shape index (κ2) is 9.37. The van der Waals surface area contributed by atoms with Crippen LogP contribution in [0.15, 0.2) is 54.2 Å². The number of hydrogen-bond acceptors (Lipinski definition) is 4. The third-order valence-electron chi connectivity index (χ3n) is 4.23. The molecule has 6 heteroatoms. The van der Waals surface area contributed by atoms with E-state index in [9.17, 15) is 4.79 Å². The molecule has 0 bridgehead atoms. The van der Waals surface area contributed by atoms with E-state index in [2.05, 4.69) is 5.32 Å². The second-order valence-electron chi connectivity index (χ2n) is 6.36. The van der Waals surface area contributed by atoms with E-state index in [1.54, 1.807) is 11.0 Å². The quantitative estimate of drug-likeness (QED) is 0.537. The Hall–Kier alpha value is -2.86. The van der Waals surface area contributed by atoms with Gasteiger partial charge in [-0.05, 0) is 54.9 Å². The Morgan fingerprint density at radius 3 is 2.57 bits per heavy atom. The summed E-state index contributed by atoms with van der Waals surface area (Å²) in [5.74, 6) is 1.21. The van der Waals surface area contributed by atoms with Crippen molar-refractivity contribution in [3.8, 4) is 11.5 Å². The number of nitrogens with zero attached hydrogens (tertiary/aromatic N) is 1. The number of benzene rings is 2. The van der Waals surface area contributed by atoms with E-state index in [-0.39, 0.29) is 5.91 Å². The van der Waals surface area contributed by atoms with Gasteiger partial charge in [-0.1, -0.05) is 43.3 Å². The van der Waals surface area contributed by atoms with Gasteiger partial charge in [0.15, 0.2) is 16.6 Å². The fraction of sp³-hybridized carbons (Fsp3) is 0.273. The highest BCUT2D eigenvalue weighted by atomic mass is 32.1. The number of hydrogen-bond donors (Lipinski definition) is 1. The summed E-state index contributed by atoms with van der Waals surface area (Å²) in [5.41, 5.74) is 2.40. The summed E-state index contributed by atoms with van der Waals surface area (Å²) in [5, 5.41) is 3.45. The number of thiocarbonyl (C=S) groups is 1. The van der Waals surface area contributed by atoms with Crippen molar-refractivity contribution < 1.29 is 14.3 Å². The Bertz CT molecular complexity index is 881. The standard InChI is InChI=1S/C22H24N2O3S/c1-3-12-24-21(25)18(23-22(24)28)13-17-10-11-19(20(14-17)26-4-2)27-15-16-8-6-5-7-9-16/h5-11,13-14H,3-4,12,15H2,1-2H3,(H,23,28)/b18-13-. The molecule has 0 aliphatic carbocycles. The van der Waals surface area contributed by atoms with Gasteiger partial charge in [-0.25, -0.2) is 0 Å². The zero-order valence-corrected chi connectivity index (χ0v) is 16.9. The van der Waals surface area contributed by atoms with Crippen LogP contribution in [-0.2, 0) is 11.4 Å². The Balaban J connectivity index is 1.78. The van der Waals surface area contributed by atoms with Gasteiger partial charge in [0.25, 0.3) is 5.91 Å². The summed E-state index contributed by atoms with van der Waals surface area (Å²) in [4.78, 5) is 14.1. The van der Waals surface area contributed by atoms with Crippen molar-refractivity contribution in [1.82, 2.24) is 10.2 Å². The monoisotopic (exact) mass is 396 g/mol. The van der Waals surface area contributed by atoms with Gasteiger partial charge in [-0.2, -0.15) is 0 Å². The van der Waals surface area contributed by atoms with Crippen LogP contribution in [0.4, 0.5) is 0 Å². The molecule has 1 heterocycles. The first-order valence-corrected chi connectivity index (χ1v) is 9.81. The maximum Gasteiger partial charge on any atom is 0.276 e. The lowest BCUT2D eigenvalue weighted by Crippen LogP contribution is -2.31. The molecule has 1 amide bonds. The van der Waals surface area contributed by atoms with Crippen LogP contribution in [0.1, 0.15) is 31.4 Å². The van der Waals surface area contributed by atoms with Crippen LogP contribution in [0.2, 0.25) is 0 Å². The van der Waals surface area contributed by atoms with E-state index in [0.29, 0.717) is 42.1 Å². The number of nitrogens with one attached hydrogen (secondary N) is 1. The molecular weight excluding hydrogens is 372 g/mol. The molecule has 2 aromatic carbocycles. The first kappa shape index (κ1) is 19.9. The van der Waals surface area contributed by atoms with Crippen molar-refractivity contribution in [2.45, 2.75) is 26.9 Å². The van der Waals surface area contributed by atoms with Gasteiger partial charge in [0.05, 0.1) is 6.61 Å². The Kier molecular flexibility index (Phi) is 6.66. The van der Waals surface area contributed by atoms with Crippen LogP contribution in [0.25, 0.3) is 6.08 Å². The molecule has 5 nitrogen and oxygen atoms in total. The molecule has 0 radical (unpaired) electrons. The number of carbonyl (C=O) groups excluding carboxylic acids is 1. The molecule has 1 aliphatic rings. The lowest BCUT2D eigenvalue weighted by molar-refractivity contribution is -0.122. The van der Waals surface area contributed by atoms with Gasteiger partial charge in [-0.15, -0.1) is 0 Å². The third-order valence-corrected chi connectivity index (χ3v) is 4.55. The fourth-order valence-electron chi connectivity index (χ4n) is 2.90. The van der Waals surface area contributed by atoms with Crippen molar-refractivity contribution in [2.24, 2.45) is 0 Å². The van der Waals surface area contributed by atoms with Crippen LogP contribution in [-0.4, -0.2) is 29.1 Å². The predicted molar refractivity (Wildman–Crippen MR) is 114 cm³/mol. The van der Waals surface area contributed by atoms with Gasteiger partial charge in [0.2, 0.25) is 0 Å². The Morgan fingerprint density at radius 2 is 1.86 bits per heavy atom. The summed E-state index contributed by atoms with van der Waals surface area (Å²) in [7, 11) is 0. The van der Waals surface area contributed by atoms with E-state index in [4.69, 9.17) is 21.7 Å². The number of amides is 1. The predicted octanol–water partition coefficient (Wildman–Crippen LogP) is 4.13. The SMILES string of the molecule is CCCN1C(=O)/C(=C/c2ccc(OCc3ccccc3)c(OCC)c2)NC1=S. The van der Waals surface area contributed by atoms with Gasteiger partial charge >= 0.3 is 0 Å². The molecule has 1 fully saturated rings. The van der Waals surface area contributed by atoms with Gasteiger partial charge in [0, 0.05) is 6.54 Å². The molecule has 28 heavy (non-hydrogen) atoms. The molecule has 3 rings (SSSR count). The van der Waals surface area contributed by atoms with Crippen LogP contribution in [0.5, 0.6) is 11.5 Å². The maximum atomic E-state index is 12.5. The van der Waals surface area contributed by atoms with E-state index in [1.807, 2.05) is 62.4 Å². The molecule has 2 aromatic rings. The van der Waals surface area contributed by atoms with Crippen molar-refractivity contribution in [3.05, 3.63) is 65.4 Å². The molecular formula is C22H24N2O3S. The second-order valence-corrected chi connectivity index (χ2v) is 6.75. The normalized spacial score (nSPS) is 15.1. The van der Waals surface area contributed by atoms with Crippen molar-refractivity contribution in [2.75, 3.05) is 13.2 Å². The van der Waals surface area contributed by atoms with Gasteiger partial charge in [0.1, 0.15) is 12.3 Å². The number of carbonyl (C=O) groups is 1. The molecule has 1 aliphatic heterocycles. The first-order chi connectivity index (χ1) is 13.6. The van der Waals surface area contributed by atoms with Crippen molar-refractivity contribution in [3.63, 3.8) is 0 Å². The summed E-state index contributed by atoms with van der Waals surface area (Å²) >= 11 is 5.25. The first-order valence-electron chi connectivity index (χ1n) is 9.40. The smallest absolute Gasteiger partial charge is 0.276 e. The molecule has 0 aromatic heterocycles. The van der Waals surface area contributed by atoms with Crippen molar-refractivity contribution in [1.29, 1.82) is 0 Å². The molecule has 0 unspecified atom stereocenters. The lowest BCUT2D eigenvalue weighted by atomic mass is 10.1. The van der Waals surface area contributed by atoms with Gasteiger partial charge in [-0.3, -0.25) is 9.69 Å². The average molecular weight is 397 g/mol. The fourth-order valence-corrected chi connectivity index (χ4v) is 3.19. The van der Waals surface area contributed by atoms with E-state index in [1.165, 1.54) is 0 Å². The van der Waals surface area contributed by atoms with E-state index in [0.717, 1.165) is 17.5 Å². The number of rotatable bonds is 8. The van der Waals surface area contributed by atoms with Crippen LogP contribution in [0.3, 0.4) is 0 Å². The maximum absolute atomic E-state index is 12.5. The highest BCUT2D eigenvalue weighted by Gasteiger charge is 2.29. The molecule has 0 spiro atoms. The van der Waals surface area contributed by atoms with Crippen molar-refractivity contribution >= 4 is 29.3 Å². The molecule has 1 N–H and O–H groups in total. The highest BCUT2D eigenvalue weighted by Crippen LogP contribution is 2.30. The van der Waals surface area contributed by atoms with E-state index >= 15 is 0 Å². The molecule has 146 valence electrons. The summed E-state index contributed by atoms with van der Waals surface area (Å²) < 4.78 is 11.7. The number of ether oxygens (including phenoxy) is 2. The summed E-state index contributed by atoms with van der Waals surface area (Å²) in [6.07, 6.45) is 2.64. The van der Waals surface area contributed by atoms with E-state index < -0.39 is 0 Å². The Morgan fingerprint density at radius 1 is 1.07 bits per heavy atom. The Labute approximate surface area is 170 Å². The topological polar surface area (TPSA) is 50.8 Å². The van der Waals surface area contributed by atoms with Gasteiger partial charge < -0.3 is 14.8 Å². The minimum atomic E-state index is -0.103. The minimum absolute atomic E-state index is 0.103. The largest absolute Gasteiger partial charge is 0.490 e. The van der Waals surface area contributed by atoms with Crippen LogP contribution >= 0.6 is 12.2 Å². The average Bonchev–Trinajstić information content (AvgIpc) is 2.96. The molecule has 1 saturated heterocycles. The lowest BCUT2D eigenvalue weighted by Gasteiger charge is -2.13. The van der Waals surface area contributed by atoms with Crippen LogP contribution < -0.4 is 14.8 Å². The molecule has 0 saturated carbocycles. The minimum Gasteiger partial charge on any atom is -0.490 e. The zero-order valence-electron chi connectivity index (χ0n) is 16.1. The highest BCUT2D eigenvalue weighted by molar-refractivity contribution is 7.80. The third kappa shape index (κ3) is 4.70. The van der Waals surface area contributed by atoms with Crippen LogP contribution in [0, 0.1) is 0 Å². The zero-order chi connectivity index (χ0) is 19.9. The molecule has 0 atom stereocenters. The summed E-state index contributed by atoms with van der Waals surface area (Å²) in [6.45, 7) is 5.53. The summed E-state index contributed by atoms with van der Waals surface area (Å²) in [6, 6.07) is 15.6.